The number of anilines is 1. The summed E-state index contributed by atoms with van der Waals surface area (Å²) >= 11 is 3.00. The molecule has 0 aliphatic heterocycles. The summed E-state index contributed by atoms with van der Waals surface area (Å²) in [6, 6.07) is 5.92. The molecular formula is C20H24N4O3S3. The van der Waals surface area contributed by atoms with E-state index < -0.39 is 15.3 Å². The Labute approximate surface area is 184 Å². The van der Waals surface area contributed by atoms with Crippen LogP contribution in [0.4, 0.5) is 5.69 Å². The number of aromatic nitrogens is 2. The first-order chi connectivity index (χ1) is 14.1. The summed E-state index contributed by atoms with van der Waals surface area (Å²) in [4.78, 5) is 23.6. The van der Waals surface area contributed by atoms with Gasteiger partial charge in [-0.05, 0) is 64.4 Å². The van der Waals surface area contributed by atoms with Crippen LogP contribution in [0, 0.1) is 13.8 Å². The van der Waals surface area contributed by atoms with E-state index in [1.807, 2.05) is 20.8 Å². The van der Waals surface area contributed by atoms with E-state index >= 15 is 0 Å². The summed E-state index contributed by atoms with van der Waals surface area (Å²) in [7, 11) is -3.56. The van der Waals surface area contributed by atoms with Crippen LogP contribution in [-0.4, -0.2) is 35.6 Å². The number of nitrogens with zero attached hydrogens (tertiary/aromatic N) is 2. The third-order valence-corrected chi connectivity index (χ3v) is 8.30. The first kappa shape index (κ1) is 22.7. The molecule has 10 heteroatoms. The van der Waals surface area contributed by atoms with E-state index in [1.54, 1.807) is 37.3 Å². The molecule has 3 aromatic rings. The van der Waals surface area contributed by atoms with Crippen LogP contribution >= 0.6 is 23.1 Å². The molecule has 0 aliphatic rings. The zero-order valence-electron chi connectivity index (χ0n) is 17.4. The molecule has 0 spiro atoms. The van der Waals surface area contributed by atoms with Crippen molar-refractivity contribution in [2.45, 2.75) is 55.8 Å². The van der Waals surface area contributed by atoms with Crippen LogP contribution in [0.2, 0.25) is 0 Å². The molecule has 30 heavy (non-hydrogen) atoms. The Bertz CT molecular complexity index is 1170. The van der Waals surface area contributed by atoms with Crippen molar-refractivity contribution in [1.82, 2.24) is 14.7 Å². The van der Waals surface area contributed by atoms with Crippen molar-refractivity contribution in [3.05, 3.63) is 41.0 Å². The molecule has 1 amide bonds. The van der Waals surface area contributed by atoms with E-state index in [0.29, 0.717) is 5.69 Å². The van der Waals surface area contributed by atoms with Gasteiger partial charge in [0.15, 0.2) is 0 Å². The Balaban J connectivity index is 1.71. The number of amides is 1. The molecule has 0 saturated carbocycles. The molecule has 7 nitrogen and oxygen atoms in total. The second-order valence-corrected chi connectivity index (χ2v) is 11.4. The molecule has 0 bridgehead atoms. The van der Waals surface area contributed by atoms with Crippen LogP contribution in [0.3, 0.4) is 0 Å². The van der Waals surface area contributed by atoms with Crippen LogP contribution in [0.5, 0.6) is 0 Å². The number of hydrogen-bond donors (Lipinski definition) is 2. The molecule has 2 aromatic heterocycles. The summed E-state index contributed by atoms with van der Waals surface area (Å²) < 4.78 is 27.0. The molecule has 0 fully saturated rings. The van der Waals surface area contributed by atoms with Gasteiger partial charge in [0, 0.05) is 22.0 Å². The van der Waals surface area contributed by atoms with E-state index in [-0.39, 0.29) is 16.8 Å². The molecule has 0 radical (unpaired) electrons. The molecule has 2 heterocycles. The standard InChI is InChI=1S/C20H24N4O3S3/c1-11(2)24-30(26,27)16-8-6-15(7-9-16)23-18(25)14(5)29-20-17-12(3)13(4)28-19(17)21-10-22-20/h6-11,14,24H,1-5H3,(H,23,25). The van der Waals surface area contributed by atoms with Crippen molar-refractivity contribution in [3.63, 3.8) is 0 Å². The topological polar surface area (TPSA) is 101 Å². The van der Waals surface area contributed by atoms with Gasteiger partial charge in [0.25, 0.3) is 0 Å². The Hall–Kier alpha value is -2.01. The molecule has 1 unspecified atom stereocenters. The highest BCUT2D eigenvalue weighted by Crippen LogP contribution is 2.36. The normalized spacial score (nSPS) is 13.0. The maximum absolute atomic E-state index is 12.7. The fourth-order valence-electron chi connectivity index (χ4n) is 2.80. The number of carbonyl (C=O) groups excluding carboxylic acids is 1. The summed E-state index contributed by atoms with van der Waals surface area (Å²) in [5.74, 6) is -0.188. The Morgan fingerprint density at radius 1 is 1.10 bits per heavy atom. The fourth-order valence-corrected chi connectivity index (χ4v) is 6.09. The minimum absolute atomic E-state index is 0.156. The number of rotatable bonds is 7. The summed E-state index contributed by atoms with van der Waals surface area (Å²) in [5.41, 5.74) is 1.67. The van der Waals surface area contributed by atoms with E-state index in [0.717, 1.165) is 20.8 Å². The Morgan fingerprint density at radius 3 is 2.40 bits per heavy atom. The lowest BCUT2D eigenvalue weighted by molar-refractivity contribution is -0.115. The van der Waals surface area contributed by atoms with Gasteiger partial charge in [-0.3, -0.25) is 4.79 Å². The first-order valence-electron chi connectivity index (χ1n) is 9.39. The molecule has 1 aromatic carbocycles. The van der Waals surface area contributed by atoms with Gasteiger partial charge in [0.05, 0.1) is 10.1 Å². The van der Waals surface area contributed by atoms with Crippen LogP contribution in [0.15, 0.2) is 40.5 Å². The molecule has 3 rings (SSSR count). The summed E-state index contributed by atoms with van der Waals surface area (Å²) in [5, 5.41) is 4.22. The third kappa shape index (κ3) is 5.00. The van der Waals surface area contributed by atoms with E-state index in [9.17, 15) is 13.2 Å². The predicted molar refractivity (Wildman–Crippen MR) is 123 cm³/mol. The molecule has 160 valence electrons. The van der Waals surface area contributed by atoms with Crippen molar-refractivity contribution in [3.8, 4) is 0 Å². The van der Waals surface area contributed by atoms with E-state index in [1.165, 1.54) is 35.1 Å². The molecular weight excluding hydrogens is 440 g/mol. The van der Waals surface area contributed by atoms with Gasteiger partial charge >= 0.3 is 0 Å². The van der Waals surface area contributed by atoms with Gasteiger partial charge in [-0.15, -0.1) is 11.3 Å². The maximum Gasteiger partial charge on any atom is 0.240 e. The van der Waals surface area contributed by atoms with Gasteiger partial charge < -0.3 is 5.32 Å². The average molecular weight is 465 g/mol. The highest BCUT2D eigenvalue weighted by Gasteiger charge is 2.20. The minimum Gasteiger partial charge on any atom is -0.325 e. The predicted octanol–water partition coefficient (Wildman–Crippen LogP) is 4.11. The minimum atomic E-state index is -3.56. The smallest absolute Gasteiger partial charge is 0.240 e. The molecule has 0 saturated heterocycles. The van der Waals surface area contributed by atoms with Gasteiger partial charge in [0.2, 0.25) is 15.9 Å². The lowest BCUT2D eigenvalue weighted by Gasteiger charge is -2.13. The summed E-state index contributed by atoms with van der Waals surface area (Å²) in [6.07, 6.45) is 1.52. The number of benzene rings is 1. The molecule has 1 atom stereocenters. The van der Waals surface area contributed by atoms with Crippen LogP contribution in [0.1, 0.15) is 31.2 Å². The van der Waals surface area contributed by atoms with Crippen molar-refractivity contribution in [2.75, 3.05) is 5.32 Å². The van der Waals surface area contributed by atoms with Crippen molar-refractivity contribution >= 4 is 54.9 Å². The zero-order chi connectivity index (χ0) is 22.1. The number of fused-ring (bicyclic) bond motifs is 1. The van der Waals surface area contributed by atoms with Crippen molar-refractivity contribution < 1.29 is 13.2 Å². The monoisotopic (exact) mass is 464 g/mol. The largest absolute Gasteiger partial charge is 0.325 e. The van der Waals surface area contributed by atoms with Gasteiger partial charge in [-0.1, -0.05) is 11.8 Å². The fraction of sp³-hybridized carbons (Fsp3) is 0.350. The van der Waals surface area contributed by atoms with E-state index in [2.05, 4.69) is 20.0 Å². The lowest BCUT2D eigenvalue weighted by Crippen LogP contribution is -2.30. The summed E-state index contributed by atoms with van der Waals surface area (Å²) in [6.45, 7) is 9.42. The number of carbonyl (C=O) groups is 1. The maximum atomic E-state index is 12.7. The van der Waals surface area contributed by atoms with Crippen LogP contribution < -0.4 is 10.0 Å². The molecule has 0 aliphatic carbocycles. The van der Waals surface area contributed by atoms with Gasteiger partial charge in [0.1, 0.15) is 16.2 Å². The van der Waals surface area contributed by atoms with Crippen LogP contribution in [-0.2, 0) is 14.8 Å². The number of thioether (sulfide) groups is 1. The Kier molecular flexibility index (Phi) is 6.81. The number of nitrogens with one attached hydrogen (secondary N) is 2. The average Bonchev–Trinajstić information content (AvgIpc) is 2.96. The number of aryl methyl sites for hydroxylation is 2. The zero-order valence-corrected chi connectivity index (χ0v) is 19.8. The van der Waals surface area contributed by atoms with E-state index in [4.69, 9.17) is 0 Å². The molecule has 2 N–H and O–H groups in total. The quantitative estimate of drug-likeness (QED) is 0.403. The second kappa shape index (κ2) is 9.01. The highest BCUT2D eigenvalue weighted by atomic mass is 32.2. The second-order valence-electron chi connectivity index (χ2n) is 7.19. The van der Waals surface area contributed by atoms with Gasteiger partial charge in [-0.25, -0.2) is 23.1 Å². The first-order valence-corrected chi connectivity index (χ1v) is 12.6. The number of hydrogen-bond acceptors (Lipinski definition) is 7. The lowest BCUT2D eigenvalue weighted by atomic mass is 10.2. The van der Waals surface area contributed by atoms with Gasteiger partial charge in [-0.2, -0.15) is 0 Å². The SMILES string of the molecule is Cc1sc2ncnc(SC(C)C(=O)Nc3ccc(S(=O)(=O)NC(C)C)cc3)c2c1C. The Morgan fingerprint density at radius 2 is 1.77 bits per heavy atom. The number of sulfonamides is 1. The number of thiophene rings is 1. The highest BCUT2D eigenvalue weighted by molar-refractivity contribution is 8.00. The van der Waals surface area contributed by atoms with Crippen molar-refractivity contribution in [1.29, 1.82) is 0 Å². The van der Waals surface area contributed by atoms with Crippen LogP contribution in [0.25, 0.3) is 10.2 Å². The third-order valence-electron chi connectivity index (χ3n) is 4.41. The van der Waals surface area contributed by atoms with Crippen molar-refractivity contribution in [2.24, 2.45) is 0 Å².